The molecule has 8 heteroatoms. The topological polar surface area (TPSA) is 73.2 Å². The summed E-state index contributed by atoms with van der Waals surface area (Å²) in [6.07, 6.45) is 3.69. The van der Waals surface area contributed by atoms with Gasteiger partial charge >= 0.3 is 0 Å². The van der Waals surface area contributed by atoms with E-state index in [4.69, 9.17) is 17.0 Å². The van der Waals surface area contributed by atoms with E-state index in [1.165, 1.54) is 25.5 Å². The van der Waals surface area contributed by atoms with Crippen LogP contribution in [0.5, 0.6) is 5.75 Å². The second-order valence-corrected chi connectivity index (χ2v) is 8.70. The van der Waals surface area contributed by atoms with Crippen LogP contribution in [-0.2, 0) is 22.8 Å². The second-order valence-electron chi connectivity index (χ2n) is 6.19. The Bertz CT molecular complexity index is 1100. The molecule has 0 bridgehead atoms. The number of hydrogen-bond donors (Lipinski definition) is 1. The fourth-order valence-corrected chi connectivity index (χ4v) is 3.76. The molecule has 3 aromatic rings. The maximum absolute atomic E-state index is 11.8. The normalized spacial score (nSPS) is 11.5. The third-order valence-corrected chi connectivity index (χ3v) is 5.59. The lowest BCUT2D eigenvalue weighted by atomic mass is 10.1. The number of thiocarbonyl (C=S) groups is 1. The van der Waals surface area contributed by atoms with Crippen LogP contribution in [0.1, 0.15) is 12.5 Å². The average Bonchev–Trinajstić information content (AvgIpc) is 3.05. The summed E-state index contributed by atoms with van der Waals surface area (Å²) in [5, 5.41) is 8.69. The number of hydrogen-bond acceptors (Lipinski definition) is 5. The Morgan fingerprint density at radius 1 is 1.30 bits per heavy atom. The predicted octanol–water partition coefficient (Wildman–Crippen LogP) is 3.45. The molecule has 1 heterocycles. The van der Waals surface area contributed by atoms with Crippen LogP contribution in [0.3, 0.4) is 0 Å². The van der Waals surface area contributed by atoms with Crippen LogP contribution in [0.2, 0.25) is 0 Å². The van der Waals surface area contributed by atoms with E-state index in [9.17, 15) is 8.42 Å². The summed E-state index contributed by atoms with van der Waals surface area (Å²) in [5.41, 5.74) is 2.51. The van der Waals surface area contributed by atoms with Gasteiger partial charge in [0.2, 0.25) is 0 Å². The molecule has 0 aliphatic heterocycles. The molecule has 0 aliphatic rings. The van der Waals surface area contributed by atoms with E-state index >= 15 is 0 Å². The molecular weight excluding hydrogens is 382 g/mol. The number of nitrogens with one attached hydrogen (secondary N) is 1. The maximum Gasteiger partial charge on any atom is 0.175 e. The summed E-state index contributed by atoms with van der Waals surface area (Å²) >= 11 is 5.52. The minimum Gasteiger partial charge on any atom is -0.495 e. The first-order chi connectivity index (χ1) is 12.8. The van der Waals surface area contributed by atoms with Gasteiger partial charge in [-0.1, -0.05) is 24.4 Å². The van der Waals surface area contributed by atoms with Gasteiger partial charge in [-0.3, -0.25) is 4.68 Å². The van der Waals surface area contributed by atoms with Gasteiger partial charge in [-0.25, -0.2) is 8.42 Å². The summed E-state index contributed by atoms with van der Waals surface area (Å²) in [5.74, 6) is 0.529. The van der Waals surface area contributed by atoms with E-state index in [0.29, 0.717) is 22.8 Å². The Balaban J connectivity index is 1.87. The highest BCUT2D eigenvalue weighted by atomic mass is 32.2. The van der Waals surface area contributed by atoms with Gasteiger partial charge in [-0.05, 0) is 36.8 Å². The highest BCUT2D eigenvalue weighted by molar-refractivity contribution is 7.90. The van der Waals surface area contributed by atoms with E-state index in [-0.39, 0.29) is 4.90 Å². The number of sulfone groups is 1. The first-order valence-corrected chi connectivity index (χ1v) is 10.7. The molecule has 0 spiro atoms. The lowest BCUT2D eigenvalue weighted by molar-refractivity contribution is 0.416. The van der Waals surface area contributed by atoms with Gasteiger partial charge in [0.15, 0.2) is 9.84 Å². The SMILES string of the molecule is CCn1cc2c(CC(=S)Nc3cc(S(C)(=O)=O)ccc3OC)cccc2n1. The molecule has 1 N–H and O–H groups in total. The molecule has 0 fully saturated rings. The molecule has 1 aromatic heterocycles. The quantitative estimate of drug-likeness (QED) is 0.636. The zero-order valence-corrected chi connectivity index (χ0v) is 17.0. The molecule has 0 aliphatic carbocycles. The molecule has 2 aromatic carbocycles. The van der Waals surface area contributed by atoms with Crippen molar-refractivity contribution in [1.82, 2.24) is 9.78 Å². The smallest absolute Gasteiger partial charge is 0.175 e. The maximum atomic E-state index is 11.8. The van der Waals surface area contributed by atoms with Crippen molar-refractivity contribution >= 4 is 43.6 Å². The van der Waals surface area contributed by atoms with Gasteiger partial charge < -0.3 is 10.1 Å². The van der Waals surface area contributed by atoms with Crippen molar-refractivity contribution in [2.75, 3.05) is 18.7 Å². The van der Waals surface area contributed by atoms with Gasteiger partial charge in [0, 0.05) is 30.8 Å². The third-order valence-electron chi connectivity index (χ3n) is 4.24. The number of methoxy groups -OCH3 is 1. The number of fused-ring (bicyclic) bond motifs is 1. The Morgan fingerprint density at radius 2 is 2.07 bits per heavy atom. The van der Waals surface area contributed by atoms with Crippen LogP contribution >= 0.6 is 12.2 Å². The highest BCUT2D eigenvalue weighted by Crippen LogP contribution is 2.28. The minimum atomic E-state index is -3.32. The van der Waals surface area contributed by atoms with Crippen molar-refractivity contribution in [1.29, 1.82) is 0 Å². The number of rotatable bonds is 6. The van der Waals surface area contributed by atoms with E-state index in [1.54, 1.807) is 6.07 Å². The Morgan fingerprint density at radius 3 is 2.74 bits per heavy atom. The largest absolute Gasteiger partial charge is 0.495 e. The number of nitrogens with zero attached hydrogens (tertiary/aromatic N) is 2. The zero-order valence-electron chi connectivity index (χ0n) is 15.4. The fourth-order valence-electron chi connectivity index (χ4n) is 2.85. The summed E-state index contributed by atoms with van der Waals surface area (Å²) in [7, 11) is -1.79. The molecule has 142 valence electrons. The predicted molar refractivity (Wildman–Crippen MR) is 111 cm³/mol. The van der Waals surface area contributed by atoms with Crippen LogP contribution in [0, 0.1) is 0 Å². The number of benzene rings is 2. The number of ether oxygens (including phenoxy) is 1. The molecular formula is C19H21N3O3S2. The zero-order chi connectivity index (χ0) is 19.6. The number of anilines is 1. The van der Waals surface area contributed by atoms with Crippen LogP contribution < -0.4 is 10.1 Å². The van der Waals surface area contributed by atoms with E-state index < -0.39 is 9.84 Å². The van der Waals surface area contributed by atoms with Gasteiger partial charge in [0.25, 0.3) is 0 Å². The van der Waals surface area contributed by atoms with E-state index in [2.05, 4.69) is 10.4 Å². The molecule has 27 heavy (non-hydrogen) atoms. The van der Waals surface area contributed by atoms with Crippen molar-refractivity contribution in [3.8, 4) is 5.75 Å². The lowest BCUT2D eigenvalue weighted by Crippen LogP contribution is -2.13. The molecule has 0 amide bonds. The van der Waals surface area contributed by atoms with Crippen LogP contribution in [0.15, 0.2) is 47.5 Å². The average molecular weight is 404 g/mol. The van der Waals surface area contributed by atoms with Gasteiger partial charge in [0.1, 0.15) is 5.75 Å². The number of aryl methyl sites for hydroxylation is 1. The van der Waals surface area contributed by atoms with E-state index in [0.717, 1.165) is 23.0 Å². The number of aromatic nitrogens is 2. The van der Waals surface area contributed by atoms with Crippen molar-refractivity contribution in [3.05, 3.63) is 48.2 Å². The van der Waals surface area contributed by atoms with Crippen molar-refractivity contribution < 1.29 is 13.2 Å². The molecule has 0 saturated carbocycles. The molecule has 6 nitrogen and oxygen atoms in total. The lowest BCUT2D eigenvalue weighted by Gasteiger charge is -2.13. The summed E-state index contributed by atoms with van der Waals surface area (Å²) in [6, 6.07) is 10.6. The molecule has 0 unspecified atom stereocenters. The van der Waals surface area contributed by atoms with Crippen molar-refractivity contribution in [2.45, 2.75) is 24.8 Å². The monoisotopic (exact) mass is 403 g/mol. The Labute approximate surface area is 164 Å². The summed E-state index contributed by atoms with van der Waals surface area (Å²) in [4.78, 5) is 0.774. The van der Waals surface area contributed by atoms with E-state index in [1.807, 2.05) is 36.0 Å². The van der Waals surface area contributed by atoms with Crippen molar-refractivity contribution in [2.24, 2.45) is 0 Å². The van der Waals surface area contributed by atoms with Gasteiger partial charge in [-0.15, -0.1) is 0 Å². The minimum absolute atomic E-state index is 0.208. The Hall–Kier alpha value is -2.45. The Kier molecular flexibility index (Phi) is 5.48. The second kappa shape index (κ2) is 7.66. The van der Waals surface area contributed by atoms with Crippen LogP contribution in [0.4, 0.5) is 5.69 Å². The first-order valence-electron chi connectivity index (χ1n) is 8.45. The summed E-state index contributed by atoms with van der Waals surface area (Å²) in [6.45, 7) is 2.84. The molecule has 0 radical (unpaired) electrons. The highest BCUT2D eigenvalue weighted by Gasteiger charge is 2.14. The first kappa shape index (κ1) is 19.3. The standard InChI is InChI=1S/C19H21N3O3S2/c1-4-22-12-15-13(6-5-7-16(15)21-22)10-19(26)20-17-11-14(27(3,23)24)8-9-18(17)25-2/h5-9,11-12H,4,10H2,1-3H3,(H,20,26). The molecule has 3 rings (SSSR count). The van der Waals surface area contributed by atoms with Crippen molar-refractivity contribution in [3.63, 3.8) is 0 Å². The van der Waals surface area contributed by atoms with Gasteiger partial charge in [0.05, 0.1) is 28.2 Å². The van der Waals surface area contributed by atoms with Crippen LogP contribution in [-0.4, -0.2) is 36.6 Å². The van der Waals surface area contributed by atoms with Crippen LogP contribution in [0.25, 0.3) is 10.9 Å². The third kappa shape index (κ3) is 4.28. The fraction of sp³-hybridized carbons (Fsp3) is 0.263. The summed E-state index contributed by atoms with van der Waals surface area (Å²) < 4.78 is 30.9. The molecule has 0 atom stereocenters. The van der Waals surface area contributed by atoms with Gasteiger partial charge in [-0.2, -0.15) is 5.10 Å². The molecule has 0 saturated heterocycles.